The maximum absolute atomic E-state index is 12.5. The van der Waals surface area contributed by atoms with Gasteiger partial charge >= 0.3 is 0 Å². The van der Waals surface area contributed by atoms with Crippen LogP contribution in [0.15, 0.2) is 24.3 Å². The van der Waals surface area contributed by atoms with Gasteiger partial charge < -0.3 is 5.73 Å². The van der Waals surface area contributed by atoms with E-state index >= 15 is 0 Å². The lowest BCUT2D eigenvalue weighted by Gasteiger charge is -2.36. The molecule has 9 heteroatoms. The number of thiazole rings is 1. The van der Waals surface area contributed by atoms with E-state index in [4.69, 9.17) is 5.73 Å². The summed E-state index contributed by atoms with van der Waals surface area (Å²) in [4.78, 5) is 20.6. The number of rotatable bonds is 4. The van der Waals surface area contributed by atoms with Gasteiger partial charge in [-0.05, 0) is 37.0 Å². The Morgan fingerprint density at radius 3 is 2.86 bits per heavy atom. The normalized spacial score (nSPS) is 21.8. The number of carbonyl (C=O) groups excluding carboxylic acids is 1. The molecule has 1 aliphatic carbocycles. The topological polar surface area (TPSA) is 105 Å². The Hall–Kier alpha value is -1.81. The number of hydrogen-bond donors (Lipinski definition) is 2. The van der Waals surface area contributed by atoms with E-state index in [9.17, 15) is 13.2 Å². The van der Waals surface area contributed by atoms with Gasteiger partial charge in [-0.3, -0.25) is 15.0 Å². The van der Waals surface area contributed by atoms with Crippen molar-refractivity contribution in [3.05, 3.63) is 46.0 Å². The van der Waals surface area contributed by atoms with Crippen molar-refractivity contribution < 1.29 is 13.2 Å². The van der Waals surface area contributed by atoms with Crippen molar-refractivity contribution in [2.45, 2.75) is 31.8 Å². The van der Waals surface area contributed by atoms with Crippen LogP contribution in [-0.2, 0) is 29.2 Å². The number of aromatic nitrogens is 1. The highest BCUT2D eigenvalue weighted by Crippen LogP contribution is 2.32. The van der Waals surface area contributed by atoms with Gasteiger partial charge in [0.05, 0.1) is 17.2 Å². The summed E-state index contributed by atoms with van der Waals surface area (Å²) < 4.78 is 23.3. The van der Waals surface area contributed by atoms with Crippen LogP contribution in [0.3, 0.4) is 0 Å². The molecule has 1 atom stereocenters. The molecule has 0 unspecified atom stereocenters. The Morgan fingerprint density at radius 2 is 2.11 bits per heavy atom. The lowest BCUT2D eigenvalue weighted by molar-refractivity contribution is 0.102. The van der Waals surface area contributed by atoms with E-state index in [1.807, 2.05) is 12.1 Å². The first kappa shape index (κ1) is 19.5. The molecular formula is C19H24N4O3S2. The highest BCUT2D eigenvalue weighted by Gasteiger charge is 2.31. The second-order valence-electron chi connectivity index (χ2n) is 7.33. The standard InChI is InChI=1S/C19H24N4O3S2/c20-12-13-2-1-3-14(10-13)18(24)22-19-21-16-5-4-15(11-17(16)27-19)23-6-8-28(25,26)9-7-23/h1-3,10,15H,4-9,11-12,20H2,(H,21,22,24)/t15-/m0/s1. The largest absolute Gasteiger partial charge is 0.326 e. The van der Waals surface area contributed by atoms with Crippen molar-refractivity contribution in [3.8, 4) is 0 Å². The van der Waals surface area contributed by atoms with Crippen LogP contribution in [0.25, 0.3) is 0 Å². The molecule has 2 heterocycles. The van der Waals surface area contributed by atoms with Crippen molar-refractivity contribution in [2.24, 2.45) is 5.73 Å². The predicted molar refractivity (Wildman–Crippen MR) is 110 cm³/mol. The number of nitrogens with two attached hydrogens (primary N) is 1. The Labute approximate surface area is 168 Å². The smallest absolute Gasteiger partial charge is 0.257 e. The molecule has 1 fully saturated rings. The van der Waals surface area contributed by atoms with Gasteiger partial charge in [0.25, 0.3) is 5.91 Å². The Morgan fingerprint density at radius 1 is 1.32 bits per heavy atom. The summed E-state index contributed by atoms with van der Waals surface area (Å²) in [6, 6.07) is 7.64. The number of fused-ring (bicyclic) bond motifs is 1. The number of anilines is 1. The minimum absolute atomic E-state index is 0.181. The fourth-order valence-corrected chi connectivity index (χ4v) is 6.13. The summed E-state index contributed by atoms with van der Waals surface area (Å²) in [5.74, 6) is 0.323. The molecule has 0 spiro atoms. The van der Waals surface area contributed by atoms with Crippen molar-refractivity contribution in [2.75, 3.05) is 29.9 Å². The maximum atomic E-state index is 12.5. The first-order valence-corrected chi connectivity index (χ1v) is 12.1. The number of sulfone groups is 1. The SMILES string of the molecule is NCc1cccc(C(=O)Nc2nc3c(s2)C[C@@H](N2CCS(=O)(=O)CC2)CC3)c1. The van der Waals surface area contributed by atoms with Crippen LogP contribution in [0.4, 0.5) is 5.13 Å². The summed E-state index contributed by atoms with van der Waals surface area (Å²) in [6.45, 7) is 1.62. The van der Waals surface area contributed by atoms with E-state index in [1.54, 1.807) is 12.1 Å². The second kappa shape index (κ2) is 7.90. The van der Waals surface area contributed by atoms with Crippen molar-refractivity contribution >= 4 is 32.2 Å². The lowest BCUT2D eigenvalue weighted by Crippen LogP contribution is -2.47. The van der Waals surface area contributed by atoms with Gasteiger partial charge in [0.2, 0.25) is 0 Å². The first-order chi connectivity index (χ1) is 13.4. The molecule has 1 aromatic carbocycles. The van der Waals surface area contributed by atoms with Crippen molar-refractivity contribution in [3.63, 3.8) is 0 Å². The minimum atomic E-state index is -2.86. The fourth-order valence-electron chi connectivity index (χ4n) is 3.82. The minimum Gasteiger partial charge on any atom is -0.326 e. The Kier molecular flexibility index (Phi) is 5.50. The number of hydrogen-bond acceptors (Lipinski definition) is 7. The summed E-state index contributed by atoms with van der Waals surface area (Å²) >= 11 is 1.52. The van der Waals surface area contributed by atoms with Crippen molar-refractivity contribution in [1.82, 2.24) is 9.88 Å². The molecular weight excluding hydrogens is 396 g/mol. The summed E-state index contributed by atoms with van der Waals surface area (Å²) in [5, 5.41) is 3.53. The van der Waals surface area contributed by atoms with Gasteiger partial charge in [-0.1, -0.05) is 12.1 Å². The van der Waals surface area contributed by atoms with Crippen LogP contribution in [0, 0.1) is 0 Å². The van der Waals surface area contributed by atoms with Gasteiger partial charge in [0, 0.05) is 36.1 Å². The van der Waals surface area contributed by atoms with Gasteiger partial charge in [-0.2, -0.15) is 0 Å². The number of amides is 1. The predicted octanol–water partition coefficient (Wildman–Crippen LogP) is 1.44. The molecule has 0 bridgehead atoms. The molecule has 0 radical (unpaired) electrons. The number of benzene rings is 1. The quantitative estimate of drug-likeness (QED) is 0.775. The Balaban J connectivity index is 1.42. The molecule has 3 N–H and O–H groups in total. The van der Waals surface area contributed by atoms with E-state index < -0.39 is 9.84 Å². The Bertz CT molecular complexity index is 973. The van der Waals surface area contributed by atoms with Crippen LogP contribution < -0.4 is 11.1 Å². The van der Waals surface area contributed by atoms with E-state index in [1.165, 1.54) is 16.2 Å². The lowest BCUT2D eigenvalue weighted by atomic mass is 9.96. The number of nitrogens with one attached hydrogen (secondary N) is 1. The third kappa shape index (κ3) is 4.27. The van der Waals surface area contributed by atoms with E-state index in [0.29, 0.717) is 36.4 Å². The van der Waals surface area contributed by atoms with E-state index in [2.05, 4.69) is 15.2 Å². The highest BCUT2D eigenvalue weighted by molar-refractivity contribution is 7.91. The summed E-state index contributed by atoms with van der Waals surface area (Å²) in [6.07, 6.45) is 2.70. The molecule has 1 aliphatic heterocycles. The zero-order chi connectivity index (χ0) is 19.7. The van der Waals surface area contributed by atoms with Crippen LogP contribution in [0.5, 0.6) is 0 Å². The van der Waals surface area contributed by atoms with Gasteiger partial charge in [0.1, 0.15) is 0 Å². The molecule has 1 amide bonds. The van der Waals surface area contributed by atoms with Crippen LogP contribution in [0.1, 0.15) is 32.9 Å². The molecule has 28 heavy (non-hydrogen) atoms. The average Bonchev–Trinajstić information content (AvgIpc) is 3.09. The molecule has 4 rings (SSSR count). The number of aryl methyl sites for hydroxylation is 1. The second-order valence-corrected chi connectivity index (χ2v) is 10.7. The third-order valence-corrected chi connectivity index (χ3v) is 8.10. The molecule has 2 aromatic rings. The summed E-state index contributed by atoms with van der Waals surface area (Å²) in [7, 11) is -2.86. The molecule has 2 aliphatic rings. The van der Waals surface area contributed by atoms with Gasteiger partial charge in [0.15, 0.2) is 15.0 Å². The fraction of sp³-hybridized carbons (Fsp3) is 0.474. The summed E-state index contributed by atoms with van der Waals surface area (Å²) in [5.41, 5.74) is 8.19. The van der Waals surface area contributed by atoms with E-state index in [0.717, 1.165) is 30.5 Å². The van der Waals surface area contributed by atoms with Gasteiger partial charge in [-0.15, -0.1) is 11.3 Å². The van der Waals surface area contributed by atoms with Crippen LogP contribution in [-0.4, -0.2) is 54.8 Å². The average molecular weight is 421 g/mol. The highest BCUT2D eigenvalue weighted by atomic mass is 32.2. The molecule has 150 valence electrons. The van der Waals surface area contributed by atoms with Crippen LogP contribution >= 0.6 is 11.3 Å². The third-order valence-electron chi connectivity index (χ3n) is 5.45. The molecule has 7 nitrogen and oxygen atoms in total. The first-order valence-electron chi connectivity index (χ1n) is 9.47. The number of carbonyl (C=O) groups is 1. The van der Waals surface area contributed by atoms with Crippen molar-refractivity contribution in [1.29, 1.82) is 0 Å². The monoisotopic (exact) mass is 420 g/mol. The molecule has 1 aromatic heterocycles. The zero-order valence-electron chi connectivity index (χ0n) is 15.6. The van der Waals surface area contributed by atoms with Crippen LogP contribution in [0.2, 0.25) is 0 Å². The molecule has 0 saturated carbocycles. The molecule has 1 saturated heterocycles. The maximum Gasteiger partial charge on any atom is 0.257 e. The zero-order valence-corrected chi connectivity index (χ0v) is 17.2. The van der Waals surface area contributed by atoms with E-state index in [-0.39, 0.29) is 17.4 Å². The number of nitrogens with zero attached hydrogens (tertiary/aromatic N) is 2. The van der Waals surface area contributed by atoms with Gasteiger partial charge in [-0.25, -0.2) is 13.4 Å².